The molecule has 0 aromatic carbocycles. The number of rotatable bonds is 3. The molecule has 0 radical (unpaired) electrons. The van der Waals surface area contributed by atoms with Gasteiger partial charge in [-0.1, -0.05) is 35.8 Å². The molecule has 0 aliphatic heterocycles. The first-order valence-corrected chi connectivity index (χ1v) is 11.4. The van der Waals surface area contributed by atoms with Crippen LogP contribution in [-0.4, -0.2) is 39.4 Å². The number of fused-ring (bicyclic) bond motifs is 6. The highest BCUT2D eigenvalue weighted by Crippen LogP contribution is 2.62. The van der Waals surface area contributed by atoms with E-state index in [1.807, 2.05) is 12.2 Å². The van der Waals surface area contributed by atoms with Gasteiger partial charge < -0.3 is 15.3 Å². The largest absolute Gasteiger partial charge is 0.393 e. The standard InChI is InChI=1S/C25H36O4/c1-14(10-23(28)15(2)26)21-6-7-22-20-13-24(29)17-11-16(4-5-18(27)12-17)19(20)8-9-25(21,22)3/h4,10,13,15,17-19,21-23,26-28H,5-9,11-12H2,1-3H3/b14-10-/t15-,17-,18-,19+,21+,22-,23-,25+/m0/s1. The van der Waals surface area contributed by atoms with Crippen molar-refractivity contribution >= 4 is 5.78 Å². The minimum Gasteiger partial charge on any atom is -0.393 e. The Morgan fingerprint density at radius 3 is 2.76 bits per heavy atom. The van der Waals surface area contributed by atoms with Crippen molar-refractivity contribution in [2.24, 2.45) is 29.1 Å². The lowest BCUT2D eigenvalue weighted by atomic mass is 9.58. The Balaban J connectivity index is 1.66. The first-order chi connectivity index (χ1) is 13.7. The molecule has 0 unspecified atom stereocenters. The monoisotopic (exact) mass is 400 g/mol. The van der Waals surface area contributed by atoms with Crippen LogP contribution in [-0.2, 0) is 4.79 Å². The smallest absolute Gasteiger partial charge is 0.159 e. The van der Waals surface area contributed by atoms with E-state index in [1.54, 1.807) is 6.92 Å². The summed E-state index contributed by atoms with van der Waals surface area (Å²) >= 11 is 0. The van der Waals surface area contributed by atoms with Crippen LogP contribution in [0.1, 0.15) is 65.7 Å². The average molecular weight is 401 g/mol. The maximum Gasteiger partial charge on any atom is 0.159 e. The van der Waals surface area contributed by atoms with Crippen LogP contribution in [0, 0.1) is 29.1 Å². The predicted octanol–water partition coefficient (Wildman–Crippen LogP) is 3.71. The molecule has 4 heteroatoms. The Bertz CT molecular complexity index is 761. The lowest BCUT2D eigenvalue weighted by Crippen LogP contribution is -2.37. The van der Waals surface area contributed by atoms with Crippen molar-refractivity contribution in [3.8, 4) is 0 Å². The van der Waals surface area contributed by atoms with Crippen LogP contribution in [0.3, 0.4) is 0 Å². The molecule has 0 spiro atoms. The summed E-state index contributed by atoms with van der Waals surface area (Å²) in [4.78, 5) is 13.0. The second kappa shape index (κ2) is 7.79. The van der Waals surface area contributed by atoms with Crippen LogP contribution in [0.4, 0.5) is 0 Å². The maximum absolute atomic E-state index is 13.0. The van der Waals surface area contributed by atoms with E-state index in [0.29, 0.717) is 30.6 Å². The molecule has 4 aliphatic rings. The van der Waals surface area contributed by atoms with Gasteiger partial charge in [0.05, 0.1) is 18.3 Å². The topological polar surface area (TPSA) is 77.8 Å². The summed E-state index contributed by atoms with van der Waals surface area (Å²) in [6, 6.07) is 0. The van der Waals surface area contributed by atoms with Crippen molar-refractivity contribution in [3.05, 3.63) is 34.9 Å². The molecule has 0 amide bonds. The summed E-state index contributed by atoms with van der Waals surface area (Å²) in [6.07, 6.45) is 10.4. The van der Waals surface area contributed by atoms with Crippen molar-refractivity contribution in [1.29, 1.82) is 0 Å². The van der Waals surface area contributed by atoms with Gasteiger partial charge in [0.25, 0.3) is 0 Å². The van der Waals surface area contributed by atoms with E-state index in [0.717, 1.165) is 32.1 Å². The fourth-order valence-electron chi connectivity index (χ4n) is 6.82. The Morgan fingerprint density at radius 1 is 1.28 bits per heavy atom. The highest BCUT2D eigenvalue weighted by molar-refractivity contribution is 5.93. The minimum absolute atomic E-state index is 0.0665. The summed E-state index contributed by atoms with van der Waals surface area (Å²) < 4.78 is 0. The maximum atomic E-state index is 13.0. The van der Waals surface area contributed by atoms with Crippen molar-refractivity contribution in [3.63, 3.8) is 0 Å². The predicted molar refractivity (Wildman–Crippen MR) is 113 cm³/mol. The zero-order valence-electron chi connectivity index (χ0n) is 18.0. The summed E-state index contributed by atoms with van der Waals surface area (Å²) in [7, 11) is 0. The van der Waals surface area contributed by atoms with Gasteiger partial charge in [0.1, 0.15) is 0 Å². The third-order valence-electron chi connectivity index (χ3n) is 8.44. The van der Waals surface area contributed by atoms with Crippen molar-refractivity contribution in [2.45, 2.75) is 84.0 Å². The van der Waals surface area contributed by atoms with Gasteiger partial charge in [-0.2, -0.15) is 0 Å². The SMILES string of the molecule is C/C(=C/[C@H](O)[C@H](C)O)[C@H]1CC[C@H]2C3=CC(=O)[C@H]4CC(=CC[C@H](O)C4)[C@H]3CC[C@]12C. The molecule has 0 aromatic rings. The fourth-order valence-corrected chi connectivity index (χ4v) is 6.82. The minimum atomic E-state index is -0.827. The van der Waals surface area contributed by atoms with E-state index >= 15 is 0 Å². The van der Waals surface area contributed by atoms with Crippen molar-refractivity contribution < 1.29 is 20.1 Å². The molecular weight excluding hydrogens is 364 g/mol. The number of aliphatic hydroxyl groups is 3. The number of hydrogen-bond donors (Lipinski definition) is 3. The molecule has 2 fully saturated rings. The molecule has 4 rings (SSSR count). The Hall–Kier alpha value is -1.23. The third-order valence-corrected chi connectivity index (χ3v) is 8.44. The van der Waals surface area contributed by atoms with Crippen LogP contribution < -0.4 is 0 Å². The van der Waals surface area contributed by atoms with Gasteiger partial charge in [-0.05, 0) is 82.1 Å². The summed E-state index contributed by atoms with van der Waals surface area (Å²) in [6.45, 7) is 6.07. The zero-order valence-corrected chi connectivity index (χ0v) is 18.0. The summed E-state index contributed by atoms with van der Waals surface area (Å²) in [5.41, 5.74) is 3.97. The van der Waals surface area contributed by atoms with E-state index < -0.39 is 18.3 Å². The van der Waals surface area contributed by atoms with Gasteiger partial charge in [-0.15, -0.1) is 0 Å². The molecule has 160 valence electrons. The van der Waals surface area contributed by atoms with E-state index in [1.165, 1.54) is 16.7 Å². The first-order valence-electron chi connectivity index (χ1n) is 11.4. The van der Waals surface area contributed by atoms with Crippen LogP contribution in [0.15, 0.2) is 34.9 Å². The van der Waals surface area contributed by atoms with Crippen LogP contribution >= 0.6 is 0 Å². The molecule has 3 N–H and O–H groups in total. The van der Waals surface area contributed by atoms with Gasteiger partial charge in [-0.3, -0.25) is 4.79 Å². The van der Waals surface area contributed by atoms with Gasteiger partial charge in [-0.25, -0.2) is 0 Å². The van der Waals surface area contributed by atoms with Gasteiger partial charge >= 0.3 is 0 Å². The second-order valence-corrected chi connectivity index (χ2v) is 10.3. The van der Waals surface area contributed by atoms with E-state index in [2.05, 4.69) is 19.9 Å². The summed E-state index contributed by atoms with van der Waals surface area (Å²) in [5, 5.41) is 30.0. The lowest BCUT2D eigenvalue weighted by Gasteiger charge is -2.46. The van der Waals surface area contributed by atoms with E-state index in [9.17, 15) is 20.1 Å². The van der Waals surface area contributed by atoms with Crippen LogP contribution in [0.5, 0.6) is 0 Å². The molecule has 2 saturated carbocycles. The van der Waals surface area contributed by atoms with Crippen molar-refractivity contribution in [1.82, 2.24) is 0 Å². The van der Waals surface area contributed by atoms with E-state index in [4.69, 9.17) is 0 Å². The zero-order chi connectivity index (χ0) is 20.9. The number of aliphatic hydroxyl groups excluding tert-OH is 3. The molecule has 0 aromatic heterocycles. The van der Waals surface area contributed by atoms with Crippen molar-refractivity contribution in [2.75, 3.05) is 0 Å². The summed E-state index contributed by atoms with van der Waals surface area (Å²) in [5.74, 6) is 1.27. The normalized spacial score (nSPS) is 42.1. The van der Waals surface area contributed by atoms with Gasteiger partial charge in [0.2, 0.25) is 0 Å². The second-order valence-electron chi connectivity index (χ2n) is 10.3. The molecule has 4 nitrogen and oxygen atoms in total. The van der Waals surface area contributed by atoms with Crippen LogP contribution in [0.25, 0.3) is 0 Å². The van der Waals surface area contributed by atoms with Crippen LogP contribution in [0.2, 0.25) is 0 Å². The fraction of sp³-hybridized carbons (Fsp3) is 0.720. The Labute approximate surface area is 174 Å². The molecule has 4 aliphatic carbocycles. The number of carbonyl (C=O) groups is 1. The molecule has 29 heavy (non-hydrogen) atoms. The quantitative estimate of drug-likeness (QED) is 0.631. The molecule has 0 heterocycles. The van der Waals surface area contributed by atoms with Gasteiger partial charge in [0, 0.05) is 11.8 Å². The highest BCUT2D eigenvalue weighted by atomic mass is 16.3. The molecular formula is C25H36O4. The molecule has 2 bridgehead atoms. The number of ketones is 1. The Kier molecular flexibility index (Phi) is 5.65. The first kappa shape index (κ1) is 21.0. The molecule has 0 saturated heterocycles. The highest BCUT2D eigenvalue weighted by Gasteiger charge is 2.53. The Morgan fingerprint density at radius 2 is 2.03 bits per heavy atom. The molecule has 8 atom stereocenters. The van der Waals surface area contributed by atoms with E-state index in [-0.39, 0.29) is 17.1 Å². The average Bonchev–Trinajstić information content (AvgIpc) is 2.80. The number of hydrogen-bond acceptors (Lipinski definition) is 4. The third kappa shape index (κ3) is 3.68. The lowest BCUT2D eigenvalue weighted by molar-refractivity contribution is -0.119. The number of carbonyl (C=O) groups excluding carboxylic acids is 1. The van der Waals surface area contributed by atoms with Gasteiger partial charge in [0.15, 0.2) is 5.78 Å². The number of allylic oxidation sites excluding steroid dienone is 4.